The molecule has 7 nitrogen and oxygen atoms in total. The molecular weight excluding hydrogens is 429 g/mol. The van der Waals surface area contributed by atoms with Gasteiger partial charge in [0.25, 0.3) is 0 Å². The molecule has 3 N–H and O–H groups in total. The number of halogens is 2. The Hall–Kier alpha value is -2.20. The van der Waals surface area contributed by atoms with Crippen LogP contribution in [0, 0.1) is 11.7 Å². The average molecular weight is 444 g/mol. The fraction of sp³-hybridized carbons (Fsp3) is 0.312. The van der Waals surface area contributed by atoms with Gasteiger partial charge in [0.05, 0.1) is 0 Å². The Balaban J connectivity index is 1.67. The molecule has 0 atom stereocenters. The lowest BCUT2D eigenvalue weighted by Gasteiger charge is -2.07. The van der Waals surface area contributed by atoms with E-state index in [2.05, 4.69) is 30.9 Å². The largest absolute Gasteiger partial charge is 0.477 e. The van der Waals surface area contributed by atoms with Gasteiger partial charge in [-0.3, -0.25) is 5.32 Å². The average Bonchev–Trinajstić information content (AvgIpc) is 3.32. The van der Waals surface area contributed by atoms with Crippen molar-refractivity contribution >= 4 is 44.5 Å². The first-order chi connectivity index (χ1) is 12.4. The summed E-state index contributed by atoms with van der Waals surface area (Å²) in [4.78, 5) is 23.4. The Morgan fingerprint density at radius 1 is 1.42 bits per heavy atom. The van der Waals surface area contributed by atoms with Gasteiger partial charge >= 0.3 is 12.0 Å². The van der Waals surface area contributed by atoms with Crippen molar-refractivity contribution in [2.45, 2.75) is 19.4 Å². The van der Waals surface area contributed by atoms with Gasteiger partial charge in [0.1, 0.15) is 17.4 Å². The first kappa shape index (κ1) is 18.6. The number of hydrogen-bond donors (Lipinski definition) is 3. The molecule has 26 heavy (non-hydrogen) atoms. The minimum atomic E-state index is -1.29. The molecule has 0 bridgehead atoms. The van der Waals surface area contributed by atoms with Crippen LogP contribution in [0.5, 0.6) is 5.88 Å². The van der Waals surface area contributed by atoms with Crippen LogP contribution in [0.15, 0.2) is 22.7 Å². The summed E-state index contributed by atoms with van der Waals surface area (Å²) >= 11 is 3.95. The maximum absolute atomic E-state index is 13.8. The number of carbonyl (C=O) groups excluding carboxylic acids is 1. The van der Waals surface area contributed by atoms with Gasteiger partial charge in [-0.25, -0.2) is 14.0 Å². The number of urea groups is 1. The summed E-state index contributed by atoms with van der Waals surface area (Å²) in [6.45, 7) is 0.371. The number of anilines is 1. The van der Waals surface area contributed by atoms with Crippen molar-refractivity contribution in [3.63, 3.8) is 0 Å². The van der Waals surface area contributed by atoms with Crippen LogP contribution in [-0.4, -0.2) is 28.0 Å². The summed E-state index contributed by atoms with van der Waals surface area (Å²) in [5, 5.41) is 14.6. The van der Waals surface area contributed by atoms with Crippen LogP contribution in [0.4, 0.5) is 14.2 Å². The van der Waals surface area contributed by atoms with Crippen molar-refractivity contribution in [1.29, 1.82) is 0 Å². The van der Waals surface area contributed by atoms with Crippen molar-refractivity contribution in [2.75, 3.05) is 11.9 Å². The van der Waals surface area contributed by atoms with Crippen LogP contribution in [-0.2, 0) is 6.61 Å². The highest BCUT2D eigenvalue weighted by atomic mass is 79.9. The molecule has 1 aromatic heterocycles. The minimum absolute atomic E-state index is 0.0667. The van der Waals surface area contributed by atoms with E-state index in [1.165, 1.54) is 12.1 Å². The predicted molar refractivity (Wildman–Crippen MR) is 97.3 cm³/mol. The van der Waals surface area contributed by atoms with Gasteiger partial charge in [0.15, 0.2) is 5.56 Å². The normalized spacial score (nSPS) is 13.3. The molecule has 0 spiro atoms. The zero-order valence-corrected chi connectivity index (χ0v) is 15.8. The number of rotatable bonds is 7. The lowest BCUT2D eigenvalue weighted by molar-refractivity contribution is 0.0693. The maximum atomic E-state index is 13.8. The maximum Gasteiger partial charge on any atom is 0.344 e. The number of hydrogen-bond acceptors (Lipinski definition) is 5. The summed E-state index contributed by atoms with van der Waals surface area (Å²) < 4.78 is 23.7. The van der Waals surface area contributed by atoms with Crippen LogP contribution >= 0.6 is 27.5 Å². The highest BCUT2D eigenvalue weighted by Gasteiger charge is 2.25. The third-order valence-electron chi connectivity index (χ3n) is 3.73. The van der Waals surface area contributed by atoms with Gasteiger partial charge < -0.3 is 15.2 Å². The summed E-state index contributed by atoms with van der Waals surface area (Å²) in [6, 6.07) is 3.97. The SMILES string of the molecule is O=C(NCC1CC1)Nc1snc(OCc2ccc(Br)cc2F)c1C(=O)O. The van der Waals surface area contributed by atoms with Crippen LogP contribution < -0.4 is 15.4 Å². The first-order valence-electron chi connectivity index (χ1n) is 7.78. The van der Waals surface area contributed by atoms with Crippen molar-refractivity contribution in [2.24, 2.45) is 5.92 Å². The number of carbonyl (C=O) groups is 2. The molecule has 1 aliphatic carbocycles. The Kier molecular flexibility index (Phi) is 5.72. The summed E-state index contributed by atoms with van der Waals surface area (Å²) in [5.74, 6) is -1.44. The van der Waals surface area contributed by atoms with Gasteiger partial charge in [-0.1, -0.05) is 22.0 Å². The Morgan fingerprint density at radius 2 is 2.19 bits per heavy atom. The zero-order valence-electron chi connectivity index (χ0n) is 13.4. The molecular formula is C16H15BrFN3O4S. The molecule has 2 aromatic rings. The number of aromatic carboxylic acids is 1. The van der Waals surface area contributed by atoms with Gasteiger partial charge in [-0.05, 0) is 42.4 Å². The van der Waals surface area contributed by atoms with Crippen molar-refractivity contribution in [3.05, 3.63) is 39.6 Å². The molecule has 0 unspecified atom stereocenters. The monoisotopic (exact) mass is 443 g/mol. The van der Waals surface area contributed by atoms with Gasteiger partial charge in [0.2, 0.25) is 5.88 Å². The second-order valence-electron chi connectivity index (χ2n) is 5.80. The quantitative estimate of drug-likeness (QED) is 0.603. The minimum Gasteiger partial charge on any atom is -0.477 e. The number of carboxylic acid groups (broad SMARTS) is 1. The Labute approximate surface area is 160 Å². The van der Waals surface area contributed by atoms with E-state index in [1.54, 1.807) is 6.07 Å². The molecule has 138 valence electrons. The molecule has 2 amide bonds. The third kappa shape index (κ3) is 4.70. The van der Waals surface area contributed by atoms with E-state index in [-0.39, 0.29) is 28.6 Å². The van der Waals surface area contributed by atoms with E-state index in [1.807, 2.05) is 0 Å². The molecule has 10 heteroatoms. The molecule has 1 aliphatic rings. The number of ether oxygens (including phenoxy) is 1. The van der Waals surface area contributed by atoms with E-state index < -0.39 is 17.8 Å². The van der Waals surface area contributed by atoms with Crippen LogP contribution in [0.3, 0.4) is 0 Å². The number of carboxylic acids is 1. The van der Waals surface area contributed by atoms with Crippen molar-refractivity contribution < 1.29 is 23.8 Å². The molecule has 1 heterocycles. The standard InChI is InChI=1S/C16H15BrFN3O4S/c17-10-4-3-9(11(18)5-10)7-25-13-12(15(22)23)14(26-21-13)20-16(24)19-6-8-1-2-8/h3-5,8H,1-2,6-7H2,(H,22,23)(H2,19,20,24). The number of amides is 2. The van der Waals surface area contributed by atoms with Gasteiger partial charge in [-0.2, -0.15) is 4.37 Å². The summed E-state index contributed by atoms with van der Waals surface area (Å²) in [7, 11) is 0. The van der Waals surface area contributed by atoms with Crippen LogP contribution in [0.1, 0.15) is 28.8 Å². The highest BCUT2D eigenvalue weighted by molar-refractivity contribution is 9.10. The fourth-order valence-corrected chi connectivity index (χ4v) is 3.19. The molecule has 3 rings (SSSR count). The third-order valence-corrected chi connectivity index (χ3v) is 4.97. The smallest absolute Gasteiger partial charge is 0.344 e. The Bertz CT molecular complexity index is 841. The number of aromatic nitrogens is 1. The zero-order chi connectivity index (χ0) is 18.7. The van der Waals surface area contributed by atoms with Crippen molar-refractivity contribution in [3.8, 4) is 5.88 Å². The lowest BCUT2D eigenvalue weighted by atomic mass is 10.2. The first-order valence-corrected chi connectivity index (χ1v) is 9.35. The molecule has 1 saturated carbocycles. The van der Waals surface area contributed by atoms with Crippen LogP contribution in [0.25, 0.3) is 0 Å². The second kappa shape index (κ2) is 8.00. The molecule has 1 aromatic carbocycles. The van der Waals surface area contributed by atoms with Gasteiger partial charge in [0, 0.05) is 16.6 Å². The summed E-state index contributed by atoms with van der Waals surface area (Å²) in [6.07, 6.45) is 2.18. The summed E-state index contributed by atoms with van der Waals surface area (Å²) in [5.41, 5.74) is 0.00307. The van der Waals surface area contributed by atoms with E-state index >= 15 is 0 Å². The topological polar surface area (TPSA) is 101 Å². The molecule has 0 radical (unpaired) electrons. The van der Waals surface area contributed by atoms with E-state index in [9.17, 15) is 19.1 Å². The fourth-order valence-electron chi connectivity index (χ4n) is 2.14. The number of nitrogens with zero attached hydrogens (tertiary/aromatic N) is 1. The Morgan fingerprint density at radius 3 is 2.85 bits per heavy atom. The highest BCUT2D eigenvalue weighted by Crippen LogP contribution is 2.32. The van der Waals surface area contributed by atoms with Gasteiger partial charge in [-0.15, -0.1) is 0 Å². The van der Waals surface area contributed by atoms with E-state index in [0.717, 1.165) is 24.4 Å². The lowest BCUT2D eigenvalue weighted by Crippen LogP contribution is -2.30. The second-order valence-corrected chi connectivity index (χ2v) is 7.49. The molecule has 0 aliphatic heterocycles. The molecule has 1 fully saturated rings. The molecule has 0 saturated heterocycles. The van der Waals surface area contributed by atoms with E-state index in [4.69, 9.17) is 4.74 Å². The van der Waals surface area contributed by atoms with Crippen LogP contribution in [0.2, 0.25) is 0 Å². The number of nitrogens with one attached hydrogen (secondary N) is 2. The number of benzene rings is 1. The van der Waals surface area contributed by atoms with E-state index in [0.29, 0.717) is 16.9 Å². The predicted octanol–water partition coefficient (Wildman–Crippen LogP) is 3.85. The van der Waals surface area contributed by atoms with Crippen molar-refractivity contribution in [1.82, 2.24) is 9.69 Å².